The first-order chi connectivity index (χ1) is 11.0. The Balaban J connectivity index is 1.90. The van der Waals surface area contributed by atoms with Crippen molar-refractivity contribution in [1.82, 2.24) is 4.57 Å². The Morgan fingerprint density at radius 3 is 2.57 bits per heavy atom. The second-order valence-electron chi connectivity index (χ2n) is 5.39. The van der Waals surface area contributed by atoms with Gasteiger partial charge < -0.3 is 10.4 Å². The third-order valence-corrected chi connectivity index (χ3v) is 3.63. The standard InChI is InChI=1S/C18H16N2O3/c1-12-6-8-13(9-7-12)19-17(22)11-20-15-5-3-2-4-14(15)16(21)10-18(20)23/h2-10,21H,11H2,1H3,(H,19,22). The molecule has 1 amide bonds. The normalized spacial score (nSPS) is 10.7. The van der Waals surface area contributed by atoms with Gasteiger partial charge in [0.25, 0.3) is 5.56 Å². The summed E-state index contributed by atoms with van der Waals surface area (Å²) >= 11 is 0. The Morgan fingerprint density at radius 2 is 1.83 bits per heavy atom. The van der Waals surface area contributed by atoms with Crippen molar-refractivity contribution in [3.8, 4) is 5.75 Å². The number of para-hydroxylation sites is 1. The third kappa shape index (κ3) is 3.08. The van der Waals surface area contributed by atoms with Crippen LogP contribution in [0, 0.1) is 6.92 Å². The first-order valence-electron chi connectivity index (χ1n) is 7.22. The summed E-state index contributed by atoms with van der Waals surface area (Å²) in [5.41, 5.74) is 1.89. The van der Waals surface area contributed by atoms with E-state index in [1.54, 1.807) is 24.3 Å². The zero-order chi connectivity index (χ0) is 16.4. The van der Waals surface area contributed by atoms with Crippen molar-refractivity contribution in [2.75, 3.05) is 5.32 Å². The fourth-order valence-electron chi connectivity index (χ4n) is 2.46. The van der Waals surface area contributed by atoms with Gasteiger partial charge in [0.05, 0.1) is 5.52 Å². The van der Waals surface area contributed by atoms with Crippen LogP contribution in [-0.2, 0) is 11.3 Å². The molecule has 3 aromatic rings. The predicted octanol–water partition coefficient (Wildman–Crippen LogP) is 2.65. The maximum absolute atomic E-state index is 12.2. The smallest absolute Gasteiger partial charge is 0.255 e. The maximum Gasteiger partial charge on any atom is 0.255 e. The predicted molar refractivity (Wildman–Crippen MR) is 89.7 cm³/mol. The minimum Gasteiger partial charge on any atom is -0.507 e. The summed E-state index contributed by atoms with van der Waals surface area (Å²) < 4.78 is 1.35. The number of carbonyl (C=O) groups is 1. The summed E-state index contributed by atoms with van der Waals surface area (Å²) in [6.45, 7) is 1.85. The van der Waals surface area contributed by atoms with E-state index < -0.39 is 5.56 Å². The van der Waals surface area contributed by atoms with Crippen molar-refractivity contribution < 1.29 is 9.90 Å². The summed E-state index contributed by atoms with van der Waals surface area (Å²) in [6.07, 6.45) is 0. The second kappa shape index (κ2) is 5.96. The number of pyridine rings is 1. The van der Waals surface area contributed by atoms with Gasteiger partial charge in [-0.15, -0.1) is 0 Å². The van der Waals surface area contributed by atoms with E-state index in [9.17, 15) is 14.7 Å². The molecule has 23 heavy (non-hydrogen) atoms. The zero-order valence-electron chi connectivity index (χ0n) is 12.6. The van der Waals surface area contributed by atoms with Gasteiger partial charge in [-0.3, -0.25) is 14.2 Å². The molecule has 5 nitrogen and oxygen atoms in total. The first kappa shape index (κ1) is 14.8. The van der Waals surface area contributed by atoms with Crippen molar-refractivity contribution in [2.45, 2.75) is 13.5 Å². The number of amides is 1. The number of rotatable bonds is 3. The van der Waals surface area contributed by atoms with E-state index >= 15 is 0 Å². The van der Waals surface area contributed by atoms with Crippen LogP contribution in [0.5, 0.6) is 5.75 Å². The van der Waals surface area contributed by atoms with Crippen molar-refractivity contribution in [2.24, 2.45) is 0 Å². The van der Waals surface area contributed by atoms with Crippen LogP contribution in [-0.4, -0.2) is 15.6 Å². The van der Waals surface area contributed by atoms with Crippen LogP contribution in [0.1, 0.15) is 5.56 Å². The van der Waals surface area contributed by atoms with E-state index in [1.165, 1.54) is 4.57 Å². The summed E-state index contributed by atoms with van der Waals surface area (Å²) in [6, 6.07) is 15.5. The molecule has 0 unspecified atom stereocenters. The van der Waals surface area contributed by atoms with Crippen LogP contribution in [0.15, 0.2) is 59.4 Å². The Labute approximate surface area is 132 Å². The van der Waals surface area contributed by atoms with Gasteiger partial charge in [0.15, 0.2) is 0 Å². The number of hydrogen-bond donors (Lipinski definition) is 2. The number of nitrogens with one attached hydrogen (secondary N) is 1. The number of carbonyl (C=O) groups excluding carboxylic acids is 1. The number of hydrogen-bond acceptors (Lipinski definition) is 3. The van der Waals surface area contributed by atoms with Crippen molar-refractivity contribution in [3.63, 3.8) is 0 Å². The Hall–Kier alpha value is -3.08. The fraction of sp³-hybridized carbons (Fsp3) is 0.111. The molecule has 116 valence electrons. The molecule has 0 aliphatic rings. The number of benzene rings is 2. The minimum atomic E-state index is -0.416. The molecule has 1 aromatic heterocycles. The number of aryl methyl sites for hydroxylation is 1. The molecule has 0 radical (unpaired) electrons. The van der Waals surface area contributed by atoms with E-state index in [4.69, 9.17) is 0 Å². The Morgan fingerprint density at radius 1 is 1.13 bits per heavy atom. The van der Waals surface area contributed by atoms with Gasteiger partial charge in [-0.05, 0) is 31.2 Å². The lowest BCUT2D eigenvalue weighted by Crippen LogP contribution is -2.27. The lowest BCUT2D eigenvalue weighted by atomic mass is 10.2. The molecule has 3 rings (SSSR count). The highest BCUT2D eigenvalue weighted by Crippen LogP contribution is 2.21. The number of anilines is 1. The monoisotopic (exact) mass is 308 g/mol. The largest absolute Gasteiger partial charge is 0.507 e. The average molecular weight is 308 g/mol. The SMILES string of the molecule is Cc1ccc(NC(=O)Cn2c(=O)cc(O)c3ccccc32)cc1. The molecule has 1 heterocycles. The molecule has 2 N–H and O–H groups in total. The molecule has 5 heteroatoms. The topological polar surface area (TPSA) is 71.3 Å². The highest BCUT2D eigenvalue weighted by molar-refractivity contribution is 5.92. The second-order valence-corrected chi connectivity index (χ2v) is 5.39. The van der Waals surface area contributed by atoms with Gasteiger partial charge in [-0.1, -0.05) is 29.8 Å². The van der Waals surface area contributed by atoms with Crippen molar-refractivity contribution in [3.05, 3.63) is 70.5 Å². The van der Waals surface area contributed by atoms with Crippen LogP contribution in [0.3, 0.4) is 0 Å². The molecule has 0 atom stereocenters. The van der Waals surface area contributed by atoms with E-state index in [-0.39, 0.29) is 18.2 Å². The van der Waals surface area contributed by atoms with Crippen LogP contribution < -0.4 is 10.9 Å². The van der Waals surface area contributed by atoms with Gasteiger partial charge in [-0.25, -0.2) is 0 Å². The maximum atomic E-state index is 12.2. The van der Waals surface area contributed by atoms with E-state index in [0.717, 1.165) is 11.6 Å². The average Bonchev–Trinajstić information content (AvgIpc) is 2.54. The van der Waals surface area contributed by atoms with Gasteiger partial charge >= 0.3 is 0 Å². The summed E-state index contributed by atoms with van der Waals surface area (Å²) in [5, 5.41) is 13.2. The van der Waals surface area contributed by atoms with Crippen LogP contribution in [0.4, 0.5) is 5.69 Å². The summed E-state index contributed by atoms with van der Waals surface area (Å²) in [4.78, 5) is 24.3. The Bertz CT molecular complexity index is 927. The number of aromatic hydroxyl groups is 1. The molecule has 0 saturated carbocycles. The summed E-state index contributed by atoms with van der Waals surface area (Å²) in [5.74, 6) is -0.382. The van der Waals surface area contributed by atoms with Gasteiger partial charge in [0, 0.05) is 17.1 Å². The molecule has 0 spiro atoms. The third-order valence-electron chi connectivity index (χ3n) is 3.63. The fourth-order valence-corrected chi connectivity index (χ4v) is 2.46. The molecule has 0 aliphatic carbocycles. The molecule has 2 aromatic carbocycles. The van der Waals surface area contributed by atoms with Gasteiger partial charge in [0.2, 0.25) is 5.91 Å². The van der Waals surface area contributed by atoms with E-state index in [0.29, 0.717) is 16.6 Å². The summed E-state index contributed by atoms with van der Waals surface area (Å²) in [7, 11) is 0. The highest BCUT2D eigenvalue weighted by atomic mass is 16.3. The van der Waals surface area contributed by atoms with E-state index in [2.05, 4.69) is 5.32 Å². The van der Waals surface area contributed by atoms with Crippen LogP contribution in [0.2, 0.25) is 0 Å². The molecule has 0 saturated heterocycles. The van der Waals surface area contributed by atoms with E-state index in [1.807, 2.05) is 31.2 Å². The van der Waals surface area contributed by atoms with Gasteiger partial charge in [-0.2, -0.15) is 0 Å². The van der Waals surface area contributed by atoms with Crippen molar-refractivity contribution in [1.29, 1.82) is 0 Å². The number of nitrogens with zero attached hydrogens (tertiary/aromatic N) is 1. The van der Waals surface area contributed by atoms with Gasteiger partial charge in [0.1, 0.15) is 12.3 Å². The molecular weight excluding hydrogens is 292 g/mol. The Kier molecular flexibility index (Phi) is 3.85. The van der Waals surface area contributed by atoms with Crippen molar-refractivity contribution >= 4 is 22.5 Å². The molecule has 0 bridgehead atoms. The highest BCUT2D eigenvalue weighted by Gasteiger charge is 2.11. The number of aromatic nitrogens is 1. The van der Waals surface area contributed by atoms with Crippen LogP contribution >= 0.6 is 0 Å². The lowest BCUT2D eigenvalue weighted by Gasteiger charge is -2.11. The number of fused-ring (bicyclic) bond motifs is 1. The zero-order valence-corrected chi connectivity index (χ0v) is 12.6. The molecular formula is C18H16N2O3. The minimum absolute atomic E-state index is 0.0826. The van der Waals surface area contributed by atoms with Crippen LogP contribution in [0.25, 0.3) is 10.9 Å². The lowest BCUT2D eigenvalue weighted by molar-refractivity contribution is -0.116. The quantitative estimate of drug-likeness (QED) is 0.781. The molecule has 0 fully saturated rings. The first-order valence-corrected chi connectivity index (χ1v) is 7.22. The molecule has 0 aliphatic heterocycles.